The zero-order chi connectivity index (χ0) is 23.5. The summed E-state index contributed by atoms with van der Waals surface area (Å²) in [6.45, 7) is 3.24. The number of fused-ring (bicyclic) bond motifs is 1. The number of methoxy groups -OCH3 is 2. The topological polar surface area (TPSA) is 79.8 Å². The van der Waals surface area contributed by atoms with E-state index in [1.807, 2.05) is 42.5 Å². The molecule has 1 fully saturated rings. The van der Waals surface area contributed by atoms with E-state index in [1.165, 1.54) is 0 Å². The molecule has 176 valence electrons. The van der Waals surface area contributed by atoms with Gasteiger partial charge in [0, 0.05) is 38.3 Å². The molecule has 5 rings (SSSR count). The average Bonchev–Trinajstić information content (AvgIpc) is 2.89. The Labute approximate surface area is 199 Å². The van der Waals surface area contributed by atoms with Crippen LogP contribution in [0, 0.1) is 0 Å². The molecule has 0 unspecified atom stereocenters. The first-order valence-corrected chi connectivity index (χ1v) is 11.6. The van der Waals surface area contributed by atoms with Crippen molar-refractivity contribution in [1.29, 1.82) is 0 Å². The highest BCUT2D eigenvalue weighted by atomic mass is 16.5. The molecule has 8 heteroatoms. The number of aryl methyl sites for hydroxylation is 1. The first-order valence-electron chi connectivity index (χ1n) is 11.6. The third kappa shape index (κ3) is 4.35. The summed E-state index contributed by atoms with van der Waals surface area (Å²) in [5.41, 5.74) is 3.42. The van der Waals surface area contributed by atoms with E-state index >= 15 is 0 Å². The lowest BCUT2D eigenvalue weighted by atomic mass is 9.95. The molecule has 34 heavy (non-hydrogen) atoms. The Kier molecular flexibility index (Phi) is 6.20. The van der Waals surface area contributed by atoms with Gasteiger partial charge < -0.3 is 24.6 Å². The third-order valence-electron chi connectivity index (χ3n) is 6.41. The molecule has 2 heterocycles. The van der Waals surface area contributed by atoms with Crippen LogP contribution in [0.15, 0.2) is 48.5 Å². The summed E-state index contributed by atoms with van der Waals surface area (Å²) in [6.07, 6.45) is 2.14. The van der Waals surface area contributed by atoms with Gasteiger partial charge in [0.1, 0.15) is 17.3 Å². The average molecular weight is 460 g/mol. The highest BCUT2D eigenvalue weighted by Crippen LogP contribution is 2.32. The van der Waals surface area contributed by atoms with Gasteiger partial charge in [0.25, 0.3) is 0 Å². The van der Waals surface area contributed by atoms with Gasteiger partial charge in [-0.1, -0.05) is 12.1 Å². The number of benzene rings is 2. The number of hydrogen-bond acceptors (Lipinski definition) is 8. The van der Waals surface area contributed by atoms with Gasteiger partial charge in [-0.25, -0.2) is 4.98 Å². The van der Waals surface area contributed by atoms with Crippen LogP contribution in [-0.2, 0) is 6.42 Å². The minimum Gasteiger partial charge on any atom is -0.497 e. The Balaban J connectivity index is 1.40. The van der Waals surface area contributed by atoms with Crippen LogP contribution in [0.4, 0.5) is 23.1 Å². The minimum absolute atomic E-state index is 0.102. The van der Waals surface area contributed by atoms with E-state index in [9.17, 15) is 4.79 Å². The van der Waals surface area contributed by atoms with E-state index in [0.717, 1.165) is 67.6 Å². The number of carbonyl (C=O) groups is 1. The Hall–Kier alpha value is -3.81. The van der Waals surface area contributed by atoms with Gasteiger partial charge in [-0.3, -0.25) is 4.79 Å². The molecule has 1 aromatic heterocycles. The second-order valence-corrected chi connectivity index (χ2v) is 8.47. The SMILES string of the molecule is COc1ccc(Nc2nc(N3CCN(c4ccccc4OC)CC3)nc3c2C(=O)CCC3)cc1. The summed E-state index contributed by atoms with van der Waals surface area (Å²) in [5, 5.41) is 3.36. The Morgan fingerprint density at radius 1 is 0.853 bits per heavy atom. The van der Waals surface area contributed by atoms with Crippen molar-refractivity contribution in [3.63, 3.8) is 0 Å². The molecule has 1 aliphatic heterocycles. The molecule has 3 aromatic rings. The molecule has 0 saturated carbocycles. The normalized spacial score (nSPS) is 15.6. The van der Waals surface area contributed by atoms with Crippen LogP contribution >= 0.6 is 0 Å². The minimum atomic E-state index is 0.102. The number of nitrogens with zero attached hydrogens (tertiary/aromatic N) is 4. The quantitative estimate of drug-likeness (QED) is 0.591. The lowest BCUT2D eigenvalue weighted by molar-refractivity contribution is 0.0972. The van der Waals surface area contributed by atoms with Crippen LogP contribution in [0.25, 0.3) is 0 Å². The van der Waals surface area contributed by atoms with Gasteiger partial charge in [-0.15, -0.1) is 0 Å². The second-order valence-electron chi connectivity index (χ2n) is 8.47. The fourth-order valence-electron chi connectivity index (χ4n) is 4.59. The number of Topliss-reactive ketones (excluding diaryl/α,β-unsaturated/α-hetero) is 1. The molecule has 8 nitrogen and oxygen atoms in total. The number of ketones is 1. The molecule has 2 aromatic carbocycles. The predicted octanol–water partition coefficient (Wildman–Crippen LogP) is 4.08. The van der Waals surface area contributed by atoms with Crippen molar-refractivity contribution in [2.24, 2.45) is 0 Å². The van der Waals surface area contributed by atoms with E-state index in [2.05, 4.69) is 21.2 Å². The molecule has 0 spiro atoms. The summed E-state index contributed by atoms with van der Waals surface area (Å²) in [5.74, 6) is 3.02. The molecule has 1 N–H and O–H groups in total. The van der Waals surface area contributed by atoms with Crippen molar-refractivity contribution in [1.82, 2.24) is 9.97 Å². The van der Waals surface area contributed by atoms with Gasteiger partial charge in [0.2, 0.25) is 5.95 Å². The molecule has 0 bridgehead atoms. The summed E-state index contributed by atoms with van der Waals surface area (Å²) in [4.78, 5) is 27.0. The number of ether oxygens (including phenoxy) is 2. The van der Waals surface area contributed by atoms with Crippen molar-refractivity contribution < 1.29 is 14.3 Å². The maximum absolute atomic E-state index is 12.8. The lowest BCUT2D eigenvalue weighted by Crippen LogP contribution is -2.47. The predicted molar refractivity (Wildman–Crippen MR) is 133 cm³/mol. The zero-order valence-corrected chi connectivity index (χ0v) is 19.6. The molecule has 0 radical (unpaired) electrons. The van der Waals surface area contributed by atoms with E-state index in [4.69, 9.17) is 19.4 Å². The maximum Gasteiger partial charge on any atom is 0.227 e. The van der Waals surface area contributed by atoms with Crippen molar-refractivity contribution in [3.8, 4) is 11.5 Å². The molecule has 2 aliphatic rings. The number of piperazine rings is 1. The van der Waals surface area contributed by atoms with Crippen molar-refractivity contribution in [3.05, 3.63) is 59.8 Å². The maximum atomic E-state index is 12.8. The van der Waals surface area contributed by atoms with E-state index < -0.39 is 0 Å². The lowest BCUT2D eigenvalue weighted by Gasteiger charge is -2.37. The van der Waals surface area contributed by atoms with Crippen LogP contribution in [0.2, 0.25) is 0 Å². The third-order valence-corrected chi connectivity index (χ3v) is 6.41. The van der Waals surface area contributed by atoms with E-state index in [-0.39, 0.29) is 5.78 Å². The monoisotopic (exact) mass is 459 g/mol. The molecular formula is C26H29N5O3. The molecule has 0 atom stereocenters. The highest BCUT2D eigenvalue weighted by Gasteiger charge is 2.28. The fraction of sp³-hybridized carbons (Fsp3) is 0.346. The van der Waals surface area contributed by atoms with Crippen LogP contribution in [0.1, 0.15) is 28.9 Å². The summed E-state index contributed by atoms with van der Waals surface area (Å²) in [6, 6.07) is 15.7. The van der Waals surface area contributed by atoms with Gasteiger partial charge in [-0.05, 0) is 49.2 Å². The number of nitrogens with one attached hydrogen (secondary N) is 1. The molecule has 1 saturated heterocycles. The molecule has 0 amide bonds. The fourth-order valence-corrected chi connectivity index (χ4v) is 4.59. The van der Waals surface area contributed by atoms with E-state index in [1.54, 1.807) is 14.2 Å². The van der Waals surface area contributed by atoms with Gasteiger partial charge in [0.05, 0.1) is 31.2 Å². The Bertz CT molecular complexity index is 1170. The number of carbonyl (C=O) groups excluding carboxylic acids is 1. The second kappa shape index (κ2) is 9.59. The number of hydrogen-bond donors (Lipinski definition) is 1. The Morgan fingerprint density at radius 3 is 2.32 bits per heavy atom. The number of anilines is 4. The smallest absolute Gasteiger partial charge is 0.227 e. The summed E-state index contributed by atoms with van der Waals surface area (Å²) < 4.78 is 10.8. The van der Waals surface area contributed by atoms with Gasteiger partial charge >= 0.3 is 0 Å². The first-order chi connectivity index (χ1) is 16.7. The van der Waals surface area contributed by atoms with Crippen LogP contribution in [0.3, 0.4) is 0 Å². The number of para-hydroxylation sites is 2. The van der Waals surface area contributed by atoms with Crippen molar-refractivity contribution in [2.75, 3.05) is 55.5 Å². The number of aromatic nitrogens is 2. The van der Waals surface area contributed by atoms with Gasteiger partial charge in [-0.2, -0.15) is 4.98 Å². The standard InChI is InChI=1S/C26H29N5O3/c1-33-19-12-10-18(11-13-19)27-25-24-20(6-5-8-22(24)32)28-26(29-25)31-16-14-30(15-17-31)21-7-3-4-9-23(21)34-2/h3-4,7,9-13H,5-6,8,14-17H2,1-2H3,(H,27,28,29). The highest BCUT2D eigenvalue weighted by molar-refractivity contribution is 6.03. The van der Waals surface area contributed by atoms with Crippen LogP contribution in [-0.4, -0.2) is 56.1 Å². The largest absolute Gasteiger partial charge is 0.497 e. The van der Waals surface area contributed by atoms with Gasteiger partial charge in [0.15, 0.2) is 5.78 Å². The molecular weight excluding hydrogens is 430 g/mol. The van der Waals surface area contributed by atoms with Crippen LogP contribution in [0.5, 0.6) is 11.5 Å². The number of rotatable bonds is 6. The summed E-state index contributed by atoms with van der Waals surface area (Å²) >= 11 is 0. The zero-order valence-electron chi connectivity index (χ0n) is 19.6. The molecule has 1 aliphatic carbocycles. The van der Waals surface area contributed by atoms with E-state index in [0.29, 0.717) is 23.8 Å². The van der Waals surface area contributed by atoms with Crippen molar-refractivity contribution >= 4 is 28.9 Å². The van der Waals surface area contributed by atoms with Crippen molar-refractivity contribution in [2.45, 2.75) is 19.3 Å². The first kappa shape index (κ1) is 22.0. The Morgan fingerprint density at radius 2 is 1.59 bits per heavy atom. The van der Waals surface area contributed by atoms with Crippen LogP contribution < -0.4 is 24.6 Å². The summed E-state index contributed by atoms with van der Waals surface area (Å²) in [7, 11) is 3.34.